The van der Waals surface area contributed by atoms with Crippen molar-refractivity contribution in [1.29, 1.82) is 0 Å². The van der Waals surface area contributed by atoms with E-state index in [0.717, 1.165) is 6.42 Å². The summed E-state index contributed by atoms with van der Waals surface area (Å²) in [6.07, 6.45) is 0.723. The Hall–Kier alpha value is -1.67. The van der Waals surface area contributed by atoms with Crippen molar-refractivity contribution in [3.05, 3.63) is 0 Å². The molecular weight excluding hydrogens is 254 g/mol. The molecule has 0 atom stereocenters. The number of imide groups is 1. The Balaban J connectivity index is 4.03. The smallest absolute Gasteiger partial charge is 0.321 e. The number of rotatable bonds is 9. The Kier molecular flexibility index (Phi) is 9.37. The number of carbonyl (C=O) groups is 3. The number of hydrogen-bond acceptors (Lipinski definition) is 5. The molecular formula is C11H21N3O5. The topological polar surface area (TPSA) is 108 Å². The average molecular weight is 275 g/mol. The number of nitrogens with zero attached hydrogens (tertiary/aromatic N) is 1. The van der Waals surface area contributed by atoms with Crippen LogP contribution in [-0.2, 0) is 14.3 Å². The largest absolute Gasteiger partial charge is 0.480 e. The van der Waals surface area contributed by atoms with E-state index < -0.39 is 17.9 Å². The minimum atomic E-state index is -1.01. The summed E-state index contributed by atoms with van der Waals surface area (Å²) in [5.41, 5.74) is 0. The molecule has 0 bridgehead atoms. The molecule has 0 fully saturated rings. The molecule has 0 saturated heterocycles. The molecule has 0 aromatic rings. The lowest BCUT2D eigenvalue weighted by molar-refractivity contribution is -0.138. The van der Waals surface area contributed by atoms with E-state index in [0.29, 0.717) is 19.7 Å². The van der Waals surface area contributed by atoms with E-state index in [2.05, 4.69) is 10.6 Å². The van der Waals surface area contributed by atoms with E-state index >= 15 is 0 Å². The molecule has 0 unspecified atom stereocenters. The van der Waals surface area contributed by atoms with E-state index in [4.69, 9.17) is 9.84 Å². The van der Waals surface area contributed by atoms with Gasteiger partial charge in [0.15, 0.2) is 0 Å². The van der Waals surface area contributed by atoms with Gasteiger partial charge >= 0.3 is 12.0 Å². The van der Waals surface area contributed by atoms with Gasteiger partial charge < -0.3 is 15.2 Å². The standard InChI is InChI=1S/C11H21N3O5/c1-3-5-14(8-10(16)17)7-9(15)13-11(18)12-4-6-19-2/h3-8H2,1-2H3,(H,16,17)(H2,12,13,15,18). The molecule has 0 aromatic heterocycles. The van der Waals surface area contributed by atoms with Crippen LogP contribution in [-0.4, -0.2) is 67.8 Å². The number of hydrogen-bond donors (Lipinski definition) is 3. The SMILES string of the molecule is CCCN(CC(=O)O)CC(=O)NC(=O)NCCOC. The van der Waals surface area contributed by atoms with Crippen LogP contribution >= 0.6 is 0 Å². The second kappa shape index (κ2) is 10.3. The molecule has 3 N–H and O–H groups in total. The molecule has 110 valence electrons. The van der Waals surface area contributed by atoms with E-state index in [1.54, 1.807) is 0 Å². The summed E-state index contributed by atoms with van der Waals surface area (Å²) in [7, 11) is 1.50. The third-order valence-corrected chi connectivity index (χ3v) is 2.11. The van der Waals surface area contributed by atoms with Crippen molar-refractivity contribution in [2.75, 3.05) is 39.9 Å². The van der Waals surface area contributed by atoms with Crippen molar-refractivity contribution < 1.29 is 24.2 Å². The first kappa shape index (κ1) is 17.3. The number of methoxy groups -OCH3 is 1. The number of urea groups is 1. The summed E-state index contributed by atoms with van der Waals surface area (Å²) >= 11 is 0. The normalized spacial score (nSPS) is 10.3. The molecule has 0 aliphatic carbocycles. The number of carbonyl (C=O) groups excluding carboxylic acids is 2. The van der Waals surface area contributed by atoms with Crippen LogP contribution in [0.2, 0.25) is 0 Å². The predicted octanol–water partition coefficient (Wildman–Crippen LogP) is -0.745. The van der Waals surface area contributed by atoms with Crippen LogP contribution in [0.15, 0.2) is 0 Å². The van der Waals surface area contributed by atoms with Gasteiger partial charge in [-0.2, -0.15) is 0 Å². The molecule has 0 aromatic carbocycles. The third kappa shape index (κ3) is 9.98. The molecule has 8 heteroatoms. The van der Waals surface area contributed by atoms with Gasteiger partial charge in [-0.1, -0.05) is 6.92 Å². The highest BCUT2D eigenvalue weighted by Gasteiger charge is 2.14. The number of carboxylic acids is 1. The Morgan fingerprint density at radius 3 is 2.47 bits per heavy atom. The van der Waals surface area contributed by atoms with Gasteiger partial charge in [0.2, 0.25) is 5.91 Å². The van der Waals surface area contributed by atoms with Crippen molar-refractivity contribution in [2.24, 2.45) is 0 Å². The van der Waals surface area contributed by atoms with E-state index in [1.807, 2.05) is 6.92 Å². The number of nitrogens with one attached hydrogen (secondary N) is 2. The molecule has 0 radical (unpaired) electrons. The second-order valence-corrected chi connectivity index (χ2v) is 3.90. The van der Waals surface area contributed by atoms with Gasteiger partial charge in [-0.25, -0.2) is 4.79 Å². The van der Waals surface area contributed by atoms with Gasteiger partial charge in [0.05, 0.1) is 19.7 Å². The number of aliphatic carboxylic acids is 1. The first-order valence-corrected chi connectivity index (χ1v) is 6.00. The fourth-order valence-corrected chi connectivity index (χ4v) is 1.40. The van der Waals surface area contributed by atoms with Gasteiger partial charge in [-0.3, -0.25) is 19.8 Å². The maximum absolute atomic E-state index is 11.5. The summed E-state index contributed by atoms with van der Waals surface area (Å²) in [5.74, 6) is -1.55. The lowest BCUT2D eigenvalue weighted by Crippen LogP contribution is -2.46. The summed E-state index contributed by atoms with van der Waals surface area (Å²) in [6.45, 7) is 2.64. The van der Waals surface area contributed by atoms with Gasteiger partial charge in [0.1, 0.15) is 0 Å². The Bertz CT molecular complexity index is 309. The highest BCUT2D eigenvalue weighted by atomic mass is 16.5. The lowest BCUT2D eigenvalue weighted by atomic mass is 10.4. The molecule has 3 amide bonds. The fourth-order valence-electron chi connectivity index (χ4n) is 1.40. The molecule has 0 saturated carbocycles. The van der Waals surface area contributed by atoms with E-state index in [1.165, 1.54) is 12.0 Å². The van der Waals surface area contributed by atoms with Gasteiger partial charge in [-0.15, -0.1) is 0 Å². The zero-order valence-corrected chi connectivity index (χ0v) is 11.3. The first-order valence-electron chi connectivity index (χ1n) is 6.00. The van der Waals surface area contributed by atoms with Gasteiger partial charge in [-0.05, 0) is 13.0 Å². The minimum absolute atomic E-state index is 0.127. The third-order valence-electron chi connectivity index (χ3n) is 2.11. The predicted molar refractivity (Wildman–Crippen MR) is 67.8 cm³/mol. The number of ether oxygens (including phenoxy) is 1. The molecule has 0 aliphatic rings. The summed E-state index contributed by atoms with van der Waals surface area (Å²) in [4.78, 5) is 34.8. The van der Waals surface area contributed by atoms with Gasteiger partial charge in [0, 0.05) is 13.7 Å². The summed E-state index contributed by atoms with van der Waals surface area (Å²) in [6, 6.07) is -0.617. The Labute approximate surface area is 112 Å². The molecule has 0 aliphatic heterocycles. The second-order valence-electron chi connectivity index (χ2n) is 3.90. The number of carboxylic acid groups (broad SMARTS) is 1. The van der Waals surface area contributed by atoms with E-state index in [9.17, 15) is 14.4 Å². The van der Waals surface area contributed by atoms with Crippen molar-refractivity contribution in [3.63, 3.8) is 0 Å². The quantitative estimate of drug-likeness (QED) is 0.478. The zero-order valence-electron chi connectivity index (χ0n) is 11.3. The van der Waals surface area contributed by atoms with Crippen molar-refractivity contribution in [3.8, 4) is 0 Å². The van der Waals surface area contributed by atoms with E-state index in [-0.39, 0.29) is 13.1 Å². The highest BCUT2D eigenvalue weighted by molar-refractivity contribution is 5.95. The van der Waals surface area contributed by atoms with Gasteiger partial charge in [0.25, 0.3) is 0 Å². The van der Waals surface area contributed by atoms with Crippen molar-refractivity contribution in [1.82, 2.24) is 15.5 Å². The Morgan fingerprint density at radius 1 is 1.26 bits per heavy atom. The van der Waals surface area contributed by atoms with Crippen LogP contribution in [0.5, 0.6) is 0 Å². The van der Waals surface area contributed by atoms with Crippen molar-refractivity contribution in [2.45, 2.75) is 13.3 Å². The minimum Gasteiger partial charge on any atom is -0.480 e. The summed E-state index contributed by atoms with van der Waals surface area (Å²) in [5, 5.41) is 13.2. The zero-order chi connectivity index (χ0) is 14.7. The molecule has 8 nitrogen and oxygen atoms in total. The van der Waals surface area contributed by atoms with Crippen LogP contribution in [0, 0.1) is 0 Å². The highest BCUT2D eigenvalue weighted by Crippen LogP contribution is 1.91. The summed E-state index contributed by atoms with van der Waals surface area (Å²) < 4.78 is 4.74. The number of amides is 3. The van der Waals surface area contributed by atoms with Crippen LogP contribution < -0.4 is 10.6 Å². The Morgan fingerprint density at radius 2 is 1.95 bits per heavy atom. The molecule has 0 heterocycles. The molecule has 19 heavy (non-hydrogen) atoms. The fraction of sp³-hybridized carbons (Fsp3) is 0.727. The van der Waals surface area contributed by atoms with Crippen molar-refractivity contribution >= 4 is 17.9 Å². The van der Waals surface area contributed by atoms with Crippen LogP contribution in [0.25, 0.3) is 0 Å². The molecule has 0 rings (SSSR count). The average Bonchev–Trinajstić information content (AvgIpc) is 2.28. The van der Waals surface area contributed by atoms with Crippen LogP contribution in [0.3, 0.4) is 0 Å². The van der Waals surface area contributed by atoms with Crippen LogP contribution in [0.1, 0.15) is 13.3 Å². The maximum atomic E-state index is 11.5. The monoisotopic (exact) mass is 275 g/mol. The lowest BCUT2D eigenvalue weighted by Gasteiger charge is -2.18. The maximum Gasteiger partial charge on any atom is 0.321 e. The van der Waals surface area contributed by atoms with Crippen LogP contribution in [0.4, 0.5) is 4.79 Å². The molecule has 0 spiro atoms. The first-order chi connectivity index (χ1) is 8.99.